The first-order valence-corrected chi connectivity index (χ1v) is 2.38. The van der Waals surface area contributed by atoms with Crippen LogP contribution in [0.2, 0.25) is 0 Å². The van der Waals surface area contributed by atoms with Crippen molar-refractivity contribution in [2.45, 2.75) is 6.92 Å². The third-order valence-electron chi connectivity index (χ3n) is 0.199. The maximum Gasteiger partial charge on any atom is 0.0318 e. The average Bonchev–Trinajstić information content (AvgIpc) is 1.41. The van der Waals surface area contributed by atoms with Crippen LogP contribution in [0.1, 0.15) is 6.92 Å². The van der Waals surface area contributed by atoms with Crippen LogP contribution in [0.15, 0.2) is 0 Å². The molecule has 0 aromatic carbocycles. The van der Waals surface area contributed by atoms with E-state index in [2.05, 4.69) is 9.85 Å². The molecule has 0 aliphatic carbocycles. The Morgan fingerprint density at radius 2 is 2.40 bits per heavy atom. The number of hydrogen-bond acceptors (Lipinski definition) is 0. The largest absolute Gasteiger partial charge is 0.0875 e. The first-order valence-electron chi connectivity index (χ1n) is 1.31. The Hall–Kier alpha value is 0.290. The predicted octanol–water partition coefficient (Wildman–Crippen LogP) is 1.61. The van der Waals surface area contributed by atoms with Gasteiger partial charge < -0.3 is 0 Å². The SMILES string of the molecule is C[CH]C#CI. The Morgan fingerprint density at radius 1 is 1.80 bits per heavy atom. The van der Waals surface area contributed by atoms with Gasteiger partial charge in [-0.1, -0.05) is 12.8 Å². The number of halogens is 1. The highest BCUT2D eigenvalue weighted by atomic mass is 127. The Bertz CT molecular complexity index is 55.8. The van der Waals surface area contributed by atoms with Crippen molar-refractivity contribution in [3.8, 4) is 9.85 Å². The van der Waals surface area contributed by atoms with Gasteiger partial charge in [-0.15, -0.1) is 0 Å². The molecule has 0 fully saturated rings. The van der Waals surface area contributed by atoms with Crippen LogP contribution in [0.5, 0.6) is 0 Å². The summed E-state index contributed by atoms with van der Waals surface area (Å²) in [6.07, 6.45) is 1.81. The van der Waals surface area contributed by atoms with E-state index in [1.165, 1.54) is 0 Å². The first-order chi connectivity index (χ1) is 2.41. The minimum Gasteiger partial charge on any atom is -0.0875 e. The summed E-state index contributed by atoms with van der Waals surface area (Å²) in [6, 6.07) is 0. The van der Waals surface area contributed by atoms with Gasteiger partial charge in [-0.05, 0) is 3.93 Å². The third-order valence-corrected chi connectivity index (χ3v) is 0.510. The van der Waals surface area contributed by atoms with Gasteiger partial charge in [-0.2, -0.15) is 0 Å². The van der Waals surface area contributed by atoms with Crippen LogP contribution in [0.4, 0.5) is 0 Å². The average molecular weight is 179 g/mol. The van der Waals surface area contributed by atoms with E-state index in [4.69, 9.17) is 0 Å². The van der Waals surface area contributed by atoms with E-state index < -0.39 is 0 Å². The summed E-state index contributed by atoms with van der Waals surface area (Å²) in [5.41, 5.74) is 0. The zero-order chi connectivity index (χ0) is 4.12. The first kappa shape index (κ1) is 5.29. The molecule has 0 rings (SSSR count). The van der Waals surface area contributed by atoms with Crippen LogP contribution < -0.4 is 0 Å². The molecule has 0 N–H and O–H groups in total. The second kappa shape index (κ2) is 4.29. The number of rotatable bonds is 0. The van der Waals surface area contributed by atoms with Gasteiger partial charge in [0.05, 0.1) is 0 Å². The van der Waals surface area contributed by atoms with E-state index in [0.717, 1.165) is 0 Å². The minimum atomic E-state index is 1.81. The standard InChI is InChI=1S/C4H4I/c1-2-3-4-5/h2H,1H3. The second-order valence-electron chi connectivity index (χ2n) is 0.528. The molecule has 0 unspecified atom stereocenters. The van der Waals surface area contributed by atoms with E-state index in [-0.39, 0.29) is 0 Å². The van der Waals surface area contributed by atoms with Gasteiger partial charge in [0.15, 0.2) is 0 Å². The van der Waals surface area contributed by atoms with E-state index in [1.807, 2.05) is 35.9 Å². The Kier molecular flexibility index (Phi) is 4.54. The van der Waals surface area contributed by atoms with Crippen LogP contribution in [0, 0.1) is 16.3 Å². The summed E-state index contributed by atoms with van der Waals surface area (Å²) in [4.78, 5) is 0. The summed E-state index contributed by atoms with van der Waals surface area (Å²) < 4.78 is 2.68. The fourth-order valence-corrected chi connectivity index (χ4v) is 0.366. The molecule has 0 aliphatic heterocycles. The molecule has 0 saturated carbocycles. The van der Waals surface area contributed by atoms with Gasteiger partial charge in [0.1, 0.15) is 0 Å². The van der Waals surface area contributed by atoms with Crippen LogP contribution in [0.3, 0.4) is 0 Å². The summed E-state index contributed by atoms with van der Waals surface area (Å²) in [5, 5.41) is 0. The van der Waals surface area contributed by atoms with Gasteiger partial charge in [-0.3, -0.25) is 0 Å². The van der Waals surface area contributed by atoms with Crippen molar-refractivity contribution < 1.29 is 0 Å². The van der Waals surface area contributed by atoms with E-state index in [1.54, 1.807) is 0 Å². The Morgan fingerprint density at radius 3 is 2.40 bits per heavy atom. The monoisotopic (exact) mass is 179 g/mol. The second-order valence-corrected chi connectivity index (χ2v) is 1.07. The Labute approximate surface area is 46.1 Å². The van der Waals surface area contributed by atoms with Crippen molar-refractivity contribution >= 4 is 22.6 Å². The molecular formula is C4H4I. The predicted molar refractivity (Wildman–Crippen MR) is 31.8 cm³/mol. The minimum absolute atomic E-state index is 1.81. The van der Waals surface area contributed by atoms with Gasteiger partial charge >= 0.3 is 0 Å². The van der Waals surface area contributed by atoms with Crippen molar-refractivity contribution in [3.05, 3.63) is 6.42 Å². The van der Waals surface area contributed by atoms with E-state index in [0.29, 0.717) is 0 Å². The quantitative estimate of drug-likeness (QED) is 0.391. The van der Waals surface area contributed by atoms with Crippen molar-refractivity contribution in [1.82, 2.24) is 0 Å². The maximum atomic E-state index is 2.72. The molecule has 0 aromatic heterocycles. The third kappa shape index (κ3) is 4.29. The fourth-order valence-electron chi connectivity index (χ4n) is 0.0546. The topological polar surface area (TPSA) is 0 Å². The molecule has 1 radical (unpaired) electrons. The molecule has 0 heterocycles. The van der Waals surface area contributed by atoms with Crippen molar-refractivity contribution in [1.29, 1.82) is 0 Å². The molecule has 0 aliphatic rings. The van der Waals surface area contributed by atoms with Crippen LogP contribution in [-0.2, 0) is 0 Å². The molecule has 0 atom stereocenters. The zero-order valence-corrected chi connectivity index (χ0v) is 5.11. The van der Waals surface area contributed by atoms with Crippen molar-refractivity contribution in [3.63, 3.8) is 0 Å². The highest BCUT2D eigenvalue weighted by Crippen LogP contribution is 1.71. The highest BCUT2D eigenvalue weighted by molar-refractivity contribution is 14.1. The van der Waals surface area contributed by atoms with Crippen LogP contribution in [-0.4, -0.2) is 0 Å². The van der Waals surface area contributed by atoms with Crippen LogP contribution in [0.25, 0.3) is 0 Å². The molecule has 1 heteroatoms. The van der Waals surface area contributed by atoms with Gasteiger partial charge in [0.25, 0.3) is 0 Å². The highest BCUT2D eigenvalue weighted by Gasteiger charge is 1.51. The van der Waals surface area contributed by atoms with Crippen LogP contribution >= 0.6 is 22.6 Å². The summed E-state index contributed by atoms with van der Waals surface area (Å²) in [5.74, 6) is 2.72. The summed E-state index contributed by atoms with van der Waals surface area (Å²) in [6.45, 7) is 1.91. The Balaban J connectivity index is 2.81. The lowest BCUT2D eigenvalue weighted by Crippen LogP contribution is -1.44. The smallest absolute Gasteiger partial charge is 0.0318 e. The van der Waals surface area contributed by atoms with E-state index in [9.17, 15) is 0 Å². The fraction of sp³-hybridized carbons (Fsp3) is 0.250. The lowest BCUT2D eigenvalue weighted by Gasteiger charge is -1.55. The summed E-state index contributed by atoms with van der Waals surface area (Å²) in [7, 11) is 0. The molecule has 0 nitrogen and oxygen atoms in total. The summed E-state index contributed by atoms with van der Waals surface area (Å²) >= 11 is 2.00. The molecule has 27 valence electrons. The molecular weight excluding hydrogens is 175 g/mol. The van der Waals surface area contributed by atoms with Crippen molar-refractivity contribution in [2.75, 3.05) is 0 Å². The van der Waals surface area contributed by atoms with Gasteiger partial charge in [-0.25, -0.2) is 0 Å². The molecule has 0 spiro atoms. The number of hydrogen-bond donors (Lipinski definition) is 0. The van der Waals surface area contributed by atoms with E-state index >= 15 is 0 Å². The molecule has 0 bridgehead atoms. The van der Waals surface area contributed by atoms with Gasteiger partial charge in [0, 0.05) is 29.0 Å². The lowest BCUT2D eigenvalue weighted by atomic mass is 10.5. The normalized spacial score (nSPS) is 5.20. The maximum absolute atomic E-state index is 2.72. The lowest BCUT2D eigenvalue weighted by molar-refractivity contribution is 1.63. The van der Waals surface area contributed by atoms with Crippen molar-refractivity contribution in [2.24, 2.45) is 0 Å². The molecule has 0 aromatic rings. The van der Waals surface area contributed by atoms with Gasteiger partial charge in [0.2, 0.25) is 0 Å². The molecule has 0 saturated heterocycles. The molecule has 0 amide bonds. The zero-order valence-electron chi connectivity index (χ0n) is 2.96. The molecule has 5 heavy (non-hydrogen) atoms.